The summed E-state index contributed by atoms with van der Waals surface area (Å²) >= 11 is 0. The molecule has 10 heteroatoms. The molecule has 0 radical (unpaired) electrons. The first kappa shape index (κ1) is 30.2. The molecule has 0 rings (SSSR count). The minimum atomic E-state index is -0.687. The second-order valence-electron chi connectivity index (χ2n) is 7.67. The topological polar surface area (TPSA) is 136 Å². The third-order valence-electron chi connectivity index (χ3n) is 4.63. The zero-order valence-corrected chi connectivity index (χ0v) is 19.3. The van der Waals surface area contributed by atoms with Crippen LogP contribution in [0.15, 0.2) is 25.3 Å². The summed E-state index contributed by atoms with van der Waals surface area (Å²) in [5.74, 6) is -0.665. The monoisotopic (exact) mass is 460 g/mol. The lowest BCUT2D eigenvalue weighted by Gasteiger charge is -2.28. The molecule has 4 N–H and O–H groups in total. The van der Waals surface area contributed by atoms with Crippen molar-refractivity contribution in [2.24, 2.45) is 5.41 Å². The molecule has 32 heavy (non-hydrogen) atoms. The molecule has 0 aliphatic heterocycles. The highest BCUT2D eigenvalue weighted by atomic mass is 16.5. The van der Waals surface area contributed by atoms with E-state index < -0.39 is 12.2 Å². The van der Waals surface area contributed by atoms with Crippen molar-refractivity contribution in [3.63, 3.8) is 0 Å². The van der Waals surface area contributed by atoms with Crippen molar-refractivity contribution in [2.45, 2.75) is 45.3 Å². The van der Waals surface area contributed by atoms with Crippen LogP contribution in [0.25, 0.3) is 0 Å². The summed E-state index contributed by atoms with van der Waals surface area (Å²) in [5, 5.41) is 24.7. The summed E-state index contributed by atoms with van der Waals surface area (Å²) in [6.45, 7) is 12.7. The fraction of sp³-hybridized carbons (Fsp3) is 0.727. The Labute approximate surface area is 190 Å². The summed E-state index contributed by atoms with van der Waals surface area (Å²) in [5.41, 5.74) is -0.188. The average molecular weight is 461 g/mol. The lowest BCUT2D eigenvalue weighted by atomic mass is 9.90. The van der Waals surface area contributed by atoms with Crippen LogP contribution in [-0.2, 0) is 28.5 Å². The van der Waals surface area contributed by atoms with Gasteiger partial charge in [-0.1, -0.05) is 27.0 Å². The van der Waals surface area contributed by atoms with Crippen LogP contribution in [0.2, 0.25) is 0 Å². The molecule has 186 valence electrons. The van der Waals surface area contributed by atoms with Gasteiger partial charge in [0.25, 0.3) is 0 Å². The molecular weight excluding hydrogens is 420 g/mol. The Kier molecular flexibility index (Phi) is 17.7. The molecule has 2 atom stereocenters. The van der Waals surface area contributed by atoms with Gasteiger partial charge >= 0.3 is 0 Å². The van der Waals surface area contributed by atoms with Crippen molar-refractivity contribution < 1.29 is 38.7 Å². The van der Waals surface area contributed by atoms with Crippen molar-refractivity contribution >= 4 is 11.8 Å². The first-order chi connectivity index (χ1) is 15.3. The van der Waals surface area contributed by atoms with E-state index in [9.17, 15) is 19.8 Å². The van der Waals surface area contributed by atoms with Crippen LogP contribution < -0.4 is 10.6 Å². The first-order valence-electron chi connectivity index (χ1n) is 10.7. The zero-order chi connectivity index (χ0) is 24.2. The lowest BCUT2D eigenvalue weighted by molar-refractivity contribution is -0.119. The number of hydrogen-bond donors (Lipinski definition) is 4. The molecule has 0 fully saturated rings. The molecule has 0 bridgehead atoms. The van der Waals surface area contributed by atoms with E-state index in [0.717, 1.165) is 18.6 Å². The smallest absolute Gasteiger partial charge is 0.245 e. The summed E-state index contributed by atoms with van der Waals surface area (Å²) in [6, 6.07) is 0. The maximum Gasteiger partial charge on any atom is 0.245 e. The Bertz CT molecular complexity index is 502. The molecule has 0 spiro atoms. The number of nitrogens with one attached hydrogen (secondary N) is 2. The van der Waals surface area contributed by atoms with E-state index in [0.29, 0.717) is 39.3 Å². The first-order valence-corrected chi connectivity index (χ1v) is 10.7. The highest BCUT2D eigenvalue weighted by Gasteiger charge is 2.23. The molecule has 0 saturated heterocycles. The van der Waals surface area contributed by atoms with E-state index in [-0.39, 0.29) is 43.9 Å². The van der Waals surface area contributed by atoms with Crippen molar-refractivity contribution in [1.82, 2.24) is 10.6 Å². The number of rotatable bonds is 21. The maximum absolute atomic E-state index is 11.0. The molecular formula is C22H40N2O8. The minimum absolute atomic E-state index is 0.0146. The molecule has 0 aromatic rings. The van der Waals surface area contributed by atoms with Gasteiger partial charge in [0, 0.05) is 18.6 Å². The second kappa shape index (κ2) is 18.7. The number of ether oxygens (including phenoxy) is 4. The van der Waals surface area contributed by atoms with E-state index in [1.165, 1.54) is 0 Å². The van der Waals surface area contributed by atoms with E-state index in [2.05, 4.69) is 30.7 Å². The number of aliphatic hydroxyl groups is 2. The van der Waals surface area contributed by atoms with Crippen LogP contribution in [-0.4, -0.2) is 87.3 Å². The Morgan fingerprint density at radius 3 is 1.62 bits per heavy atom. The molecule has 2 amide bonds. The predicted octanol–water partition coefficient (Wildman–Crippen LogP) is 0.491. The molecule has 2 unspecified atom stereocenters. The van der Waals surface area contributed by atoms with Gasteiger partial charge in [-0.15, -0.1) is 0 Å². The molecule has 0 aliphatic rings. The van der Waals surface area contributed by atoms with Gasteiger partial charge in [0.1, 0.15) is 13.5 Å². The maximum atomic E-state index is 11.0. The Morgan fingerprint density at radius 1 is 0.875 bits per heavy atom. The minimum Gasteiger partial charge on any atom is -0.391 e. The second-order valence-corrected chi connectivity index (χ2v) is 7.67. The van der Waals surface area contributed by atoms with Crippen LogP contribution in [0.4, 0.5) is 0 Å². The third kappa shape index (κ3) is 16.8. The molecule has 10 nitrogen and oxygen atoms in total. The van der Waals surface area contributed by atoms with Gasteiger partial charge in [0.15, 0.2) is 0 Å². The van der Waals surface area contributed by atoms with Crippen LogP contribution in [0.5, 0.6) is 0 Å². The summed E-state index contributed by atoms with van der Waals surface area (Å²) in [7, 11) is 0. The van der Waals surface area contributed by atoms with Crippen molar-refractivity contribution in [3.8, 4) is 0 Å². The number of aliphatic hydroxyl groups excluding tert-OH is 2. The molecule has 0 aromatic carbocycles. The molecule has 0 heterocycles. The third-order valence-corrected chi connectivity index (χ3v) is 4.63. The molecule has 0 aromatic heterocycles. The van der Waals surface area contributed by atoms with Gasteiger partial charge in [-0.05, 0) is 31.4 Å². The van der Waals surface area contributed by atoms with Crippen LogP contribution in [0, 0.1) is 5.41 Å². The van der Waals surface area contributed by atoms with E-state index in [1.807, 2.05) is 6.92 Å². The SMILES string of the molecule is C=CC(=O)NCOCC(O)CCOCC(C)(CC)COCCC(O)COCNC(=O)C=C. The normalized spacial score (nSPS) is 14.8. The average Bonchev–Trinajstić information content (AvgIpc) is 2.79. The van der Waals surface area contributed by atoms with Crippen LogP contribution in [0.3, 0.4) is 0 Å². The fourth-order valence-electron chi connectivity index (χ4n) is 2.27. The quantitative estimate of drug-likeness (QED) is 0.110. The van der Waals surface area contributed by atoms with Gasteiger partial charge in [-0.3, -0.25) is 9.59 Å². The van der Waals surface area contributed by atoms with Gasteiger partial charge in [0.2, 0.25) is 11.8 Å². The fourth-order valence-corrected chi connectivity index (χ4v) is 2.27. The van der Waals surface area contributed by atoms with Crippen LogP contribution >= 0.6 is 0 Å². The standard InChI is InChI=1S/C22H40N2O8/c1-5-20(27)23-16-31-12-18(25)8-10-29-14-22(4,7-3)15-30-11-9-19(26)13-32-17-24-21(28)6-2/h5-6,18-19,25-26H,1-2,7-17H2,3-4H3,(H,23,27)(H,24,28). The van der Waals surface area contributed by atoms with Gasteiger partial charge in [0.05, 0.1) is 38.6 Å². The Hall–Kier alpha value is -1.82. The predicted molar refractivity (Wildman–Crippen MR) is 120 cm³/mol. The number of amides is 2. The summed E-state index contributed by atoms with van der Waals surface area (Å²) in [6.07, 6.45) is 2.59. The lowest BCUT2D eigenvalue weighted by Crippen LogP contribution is -2.31. The van der Waals surface area contributed by atoms with Crippen molar-refractivity contribution in [2.75, 3.05) is 53.1 Å². The molecule has 0 saturated carbocycles. The van der Waals surface area contributed by atoms with E-state index in [1.54, 1.807) is 0 Å². The van der Waals surface area contributed by atoms with Crippen LogP contribution in [0.1, 0.15) is 33.1 Å². The van der Waals surface area contributed by atoms with Gasteiger partial charge < -0.3 is 39.8 Å². The van der Waals surface area contributed by atoms with Crippen molar-refractivity contribution in [3.05, 3.63) is 25.3 Å². The Morgan fingerprint density at radius 2 is 1.28 bits per heavy atom. The largest absolute Gasteiger partial charge is 0.391 e. The van der Waals surface area contributed by atoms with Gasteiger partial charge in [-0.2, -0.15) is 0 Å². The summed E-state index contributed by atoms with van der Waals surface area (Å²) in [4.78, 5) is 21.9. The number of hydrogen-bond acceptors (Lipinski definition) is 8. The highest BCUT2D eigenvalue weighted by Crippen LogP contribution is 2.22. The van der Waals surface area contributed by atoms with Gasteiger partial charge in [-0.25, -0.2) is 0 Å². The van der Waals surface area contributed by atoms with E-state index in [4.69, 9.17) is 18.9 Å². The molecule has 0 aliphatic carbocycles. The summed E-state index contributed by atoms with van der Waals surface area (Å²) < 4.78 is 21.7. The highest BCUT2D eigenvalue weighted by molar-refractivity contribution is 5.86. The number of carbonyl (C=O) groups is 2. The van der Waals surface area contributed by atoms with E-state index >= 15 is 0 Å². The Balaban J connectivity index is 3.84. The zero-order valence-electron chi connectivity index (χ0n) is 19.3. The number of carbonyl (C=O) groups excluding carboxylic acids is 2. The van der Waals surface area contributed by atoms with Crippen molar-refractivity contribution in [1.29, 1.82) is 0 Å².